The Morgan fingerprint density at radius 2 is 2.16 bits per heavy atom. The smallest absolute Gasteiger partial charge is 0.287 e. The first-order chi connectivity index (χ1) is 12.1. The van der Waals surface area contributed by atoms with Gasteiger partial charge in [-0.2, -0.15) is 11.8 Å². The number of aliphatic imine (C=N–C) groups is 1. The van der Waals surface area contributed by atoms with Gasteiger partial charge in [0, 0.05) is 37.0 Å². The summed E-state index contributed by atoms with van der Waals surface area (Å²) in [5, 5.41) is 10.5. The van der Waals surface area contributed by atoms with Crippen LogP contribution in [0.25, 0.3) is 0 Å². The highest BCUT2D eigenvalue weighted by atomic mass is 32.2. The molecule has 2 rings (SSSR count). The second-order valence-corrected chi connectivity index (χ2v) is 7.85. The summed E-state index contributed by atoms with van der Waals surface area (Å²) >= 11 is 2.06. The number of thioether (sulfide) groups is 1. The number of carbonyl (C=O) groups is 1. The molecule has 0 aromatic carbocycles. The van der Waals surface area contributed by atoms with Crippen molar-refractivity contribution < 1.29 is 9.21 Å². The van der Waals surface area contributed by atoms with E-state index in [9.17, 15) is 4.79 Å². The van der Waals surface area contributed by atoms with Crippen molar-refractivity contribution in [1.29, 1.82) is 0 Å². The van der Waals surface area contributed by atoms with Gasteiger partial charge in [-0.1, -0.05) is 6.92 Å². The summed E-state index contributed by atoms with van der Waals surface area (Å²) in [7, 11) is 1.80. The maximum absolute atomic E-state index is 11.9. The fourth-order valence-electron chi connectivity index (χ4n) is 3.03. The zero-order valence-electron chi connectivity index (χ0n) is 15.4. The number of aryl methyl sites for hydroxylation is 1. The van der Waals surface area contributed by atoms with Gasteiger partial charge in [-0.25, -0.2) is 0 Å². The Morgan fingerprint density at radius 1 is 1.36 bits per heavy atom. The number of guanidine groups is 1. The van der Waals surface area contributed by atoms with Crippen molar-refractivity contribution in [3.63, 3.8) is 0 Å². The van der Waals surface area contributed by atoms with Crippen LogP contribution >= 0.6 is 11.8 Å². The average molecular weight is 367 g/mol. The number of hydrogen-bond donors (Lipinski definition) is 3. The molecule has 0 aliphatic heterocycles. The predicted molar refractivity (Wildman–Crippen MR) is 104 cm³/mol. The highest BCUT2D eigenvalue weighted by Crippen LogP contribution is 2.29. The quantitative estimate of drug-likeness (QED) is 0.374. The molecule has 3 N–H and O–H groups in total. The fraction of sp³-hybridized carbons (Fsp3) is 0.667. The molecular formula is C18H30N4O2S. The van der Waals surface area contributed by atoms with E-state index in [0.29, 0.717) is 18.3 Å². The van der Waals surface area contributed by atoms with Crippen molar-refractivity contribution in [1.82, 2.24) is 16.0 Å². The maximum Gasteiger partial charge on any atom is 0.287 e. The van der Waals surface area contributed by atoms with Gasteiger partial charge in [-0.3, -0.25) is 9.79 Å². The molecule has 2 unspecified atom stereocenters. The fourth-order valence-corrected chi connectivity index (χ4v) is 4.17. The molecule has 2 atom stereocenters. The van der Waals surface area contributed by atoms with E-state index in [1.807, 2.05) is 6.92 Å². The lowest BCUT2D eigenvalue weighted by molar-refractivity contribution is 0.0925. The Kier molecular flexibility index (Phi) is 8.18. The van der Waals surface area contributed by atoms with Gasteiger partial charge in [0.15, 0.2) is 11.7 Å². The molecule has 1 aliphatic carbocycles. The van der Waals surface area contributed by atoms with E-state index in [1.165, 1.54) is 31.3 Å². The average Bonchev–Trinajstić information content (AvgIpc) is 3.22. The Balaban J connectivity index is 1.60. The van der Waals surface area contributed by atoms with Crippen LogP contribution in [0.15, 0.2) is 21.7 Å². The van der Waals surface area contributed by atoms with E-state index in [4.69, 9.17) is 4.42 Å². The standard InChI is InChI=1S/C18H30N4O2S/c1-4-25-15-7-6-14(12-15)22-18(19-3)21-10-5-9-20-17(23)16-13(2)8-11-24-16/h8,11,14-15H,4-7,9-10,12H2,1-3H3,(H,20,23)(H2,19,21,22). The highest BCUT2D eigenvalue weighted by molar-refractivity contribution is 7.99. The number of hydrogen-bond acceptors (Lipinski definition) is 4. The summed E-state index contributed by atoms with van der Waals surface area (Å²) in [6, 6.07) is 2.30. The number of amides is 1. The molecule has 140 valence electrons. The van der Waals surface area contributed by atoms with E-state index in [1.54, 1.807) is 13.1 Å². The van der Waals surface area contributed by atoms with Crippen LogP contribution in [0.1, 0.15) is 48.7 Å². The third-order valence-electron chi connectivity index (χ3n) is 4.35. The van der Waals surface area contributed by atoms with Crippen LogP contribution < -0.4 is 16.0 Å². The Morgan fingerprint density at radius 3 is 2.84 bits per heavy atom. The summed E-state index contributed by atoms with van der Waals surface area (Å²) in [6.45, 7) is 5.44. The van der Waals surface area contributed by atoms with Gasteiger partial charge in [0.2, 0.25) is 0 Å². The van der Waals surface area contributed by atoms with E-state index in [-0.39, 0.29) is 5.91 Å². The normalized spacial score (nSPS) is 20.5. The molecule has 25 heavy (non-hydrogen) atoms. The number of furan rings is 1. The van der Waals surface area contributed by atoms with Gasteiger partial charge in [-0.15, -0.1) is 0 Å². The molecule has 6 nitrogen and oxygen atoms in total. The molecule has 1 fully saturated rings. The van der Waals surface area contributed by atoms with Crippen LogP contribution in [-0.2, 0) is 0 Å². The summed E-state index contributed by atoms with van der Waals surface area (Å²) in [5.74, 6) is 2.27. The van der Waals surface area contributed by atoms with Crippen molar-refractivity contribution >= 4 is 23.6 Å². The number of nitrogens with zero attached hydrogens (tertiary/aromatic N) is 1. The summed E-state index contributed by atoms with van der Waals surface area (Å²) in [5.41, 5.74) is 0.858. The minimum absolute atomic E-state index is 0.157. The Hall–Kier alpha value is -1.63. The second kappa shape index (κ2) is 10.4. The van der Waals surface area contributed by atoms with Gasteiger partial charge in [-0.05, 0) is 44.4 Å². The third-order valence-corrected chi connectivity index (χ3v) is 5.58. The molecule has 1 amide bonds. The van der Waals surface area contributed by atoms with Crippen molar-refractivity contribution in [3.05, 3.63) is 23.7 Å². The summed E-state index contributed by atoms with van der Waals surface area (Å²) < 4.78 is 5.18. The monoisotopic (exact) mass is 366 g/mol. The van der Waals surface area contributed by atoms with Crippen LogP contribution in [0.2, 0.25) is 0 Å². The van der Waals surface area contributed by atoms with E-state index >= 15 is 0 Å². The van der Waals surface area contributed by atoms with Gasteiger partial charge in [0.1, 0.15) is 0 Å². The SMILES string of the molecule is CCSC1CCC(NC(=NC)NCCCNC(=O)c2occc2C)C1. The van der Waals surface area contributed by atoms with Gasteiger partial charge < -0.3 is 20.4 Å². The first-order valence-electron chi connectivity index (χ1n) is 9.05. The van der Waals surface area contributed by atoms with Crippen molar-refractivity contribution in [2.24, 2.45) is 4.99 Å². The van der Waals surface area contributed by atoms with Gasteiger partial charge in [0.25, 0.3) is 5.91 Å². The topological polar surface area (TPSA) is 78.7 Å². The predicted octanol–water partition coefficient (Wildman–Crippen LogP) is 2.55. The van der Waals surface area contributed by atoms with Gasteiger partial charge >= 0.3 is 0 Å². The lowest BCUT2D eigenvalue weighted by Crippen LogP contribution is -2.43. The molecule has 1 aromatic heterocycles. The first kappa shape index (κ1) is 19.7. The zero-order valence-corrected chi connectivity index (χ0v) is 16.2. The van der Waals surface area contributed by atoms with E-state index < -0.39 is 0 Å². The molecule has 0 saturated heterocycles. The van der Waals surface area contributed by atoms with E-state index in [0.717, 1.165) is 29.7 Å². The molecular weight excluding hydrogens is 336 g/mol. The number of carbonyl (C=O) groups excluding carboxylic acids is 1. The molecule has 0 spiro atoms. The molecule has 0 bridgehead atoms. The van der Waals surface area contributed by atoms with Crippen LogP contribution in [0.5, 0.6) is 0 Å². The lowest BCUT2D eigenvalue weighted by atomic mass is 10.2. The largest absolute Gasteiger partial charge is 0.459 e. The summed E-state index contributed by atoms with van der Waals surface area (Å²) in [6.07, 6.45) is 6.05. The zero-order chi connectivity index (χ0) is 18.1. The second-order valence-electron chi connectivity index (χ2n) is 6.27. The molecule has 1 aromatic rings. The Bertz CT molecular complexity index is 573. The van der Waals surface area contributed by atoms with E-state index in [2.05, 4.69) is 39.6 Å². The van der Waals surface area contributed by atoms with Crippen molar-refractivity contribution in [2.45, 2.75) is 50.8 Å². The molecule has 1 saturated carbocycles. The van der Waals surface area contributed by atoms with Crippen LogP contribution in [0.4, 0.5) is 0 Å². The minimum Gasteiger partial charge on any atom is -0.459 e. The van der Waals surface area contributed by atoms with Crippen LogP contribution in [-0.4, -0.2) is 49.0 Å². The summed E-state index contributed by atoms with van der Waals surface area (Å²) in [4.78, 5) is 16.2. The first-order valence-corrected chi connectivity index (χ1v) is 10.1. The minimum atomic E-state index is -0.157. The molecule has 7 heteroatoms. The van der Waals surface area contributed by atoms with Crippen LogP contribution in [0.3, 0.4) is 0 Å². The Labute approximate surface area is 154 Å². The molecule has 1 aliphatic rings. The highest BCUT2D eigenvalue weighted by Gasteiger charge is 2.24. The maximum atomic E-state index is 11.9. The lowest BCUT2D eigenvalue weighted by Gasteiger charge is -2.17. The molecule has 0 radical (unpaired) electrons. The van der Waals surface area contributed by atoms with Crippen molar-refractivity contribution in [2.75, 3.05) is 25.9 Å². The van der Waals surface area contributed by atoms with Crippen LogP contribution in [0, 0.1) is 6.92 Å². The van der Waals surface area contributed by atoms with Gasteiger partial charge in [0.05, 0.1) is 6.26 Å². The molecule has 1 heterocycles. The third kappa shape index (κ3) is 6.30. The van der Waals surface area contributed by atoms with Crippen molar-refractivity contribution in [3.8, 4) is 0 Å². The number of rotatable bonds is 8. The number of nitrogens with one attached hydrogen (secondary N) is 3.